The Morgan fingerprint density at radius 3 is 2.38 bits per heavy atom. The summed E-state index contributed by atoms with van der Waals surface area (Å²) in [5, 5.41) is 0. The van der Waals surface area contributed by atoms with Crippen molar-refractivity contribution in [1.29, 1.82) is 0 Å². The second-order valence-corrected chi connectivity index (χ2v) is 3.73. The van der Waals surface area contributed by atoms with Crippen LogP contribution in [0.15, 0.2) is 30.3 Å². The van der Waals surface area contributed by atoms with Gasteiger partial charge < -0.3 is 5.73 Å². The molecule has 0 radical (unpaired) electrons. The standard InChI is InChI=1S/C12H18F2N2/c1-2-16(9-8-15)10-12(13,14)11-6-4-3-5-7-11/h3-7H,2,8-10,15H2,1H3. The molecule has 0 aliphatic carbocycles. The van der Waals surface area contributed by atoms with Gasteiger partial charge in [-0.1, -0.05) is 37.3 Å². The zero-order valence-electron chi connectivity index (χ0n) is 9.50. The van der Waals surface area contributed by atoms with Gasteiger partial charge in [0.25, 0.3) is 5.92 Å². The maximum Gasteiger partial charge on any atom is 0.285 e. The first-order chi connectivity index (χ1) is 7.60. The number of hydrogen-bond donors (Lipinski definition) is 1. The number of nitrogens with zero attached hydrogens (tertiary/aromatic N) is 1. The maximum absolute atomic E-state index is 13.8. The minimum Gasteiger partial charge on any atom is -0.329 e. The SMILES string of the molecule is CCN(CCN)CC(F)(F)c1ccccc1. The van der Waals surface area contributed by atoms with E-state index in [0.717, 1.165) is 0 Å². The molecule has 1 aromatic carbocycles. The van der Waals surface area contributed by atoms with Crippen LogP contribution in [0.25, 0.3) is 0 Å². The van der Waals surface area contributed by atoms with Crippen LogP contribution in [-0.4, -0.2) is 31.1 Å². The van der Waals surface area contributed by atoms with E-state index in [0.29, 0.717) is 19.6 Å². The van der Waals surface area contributed by atoms with Gasteiger partial charge in [0.05, 0.1) is 6.54 Å². The van der Waals surface area contributed by atoms with Gasteiger partial charge >= 0.3 is 0 Å². The molecule has 90 valence electrons. The highest BCUT2D eigenvalue weighted by Crippen LogP contribution is 2.28. The summed E-state index contributed by atoms with van der Waals surface area (Å²) in [6.07, 6.45) is 0. The topological polar surface area (TPSA) is 29.3 Å². The maximum atomic E-state index is 13.8. The highest BCUT2D eigenvalue weighted by atomic mass is 19.3. The molecule has 2 N–H and O–H groups in total. The Hall–Kier alpha value is -1.00. The third kappa shape index (κ3) is 3.54. The van der Waals surface area contributed by atoms with Crippen LogP contribution in [0.3, 0.4) is 0 Å². The average Bonchev–Trinajstić information content (AvgIpc) is 2.29. The van der Waals surface area contributed by atoms with Crippen molar-refractivity contribution in [2.75, 3.05) is 26.2 Å². The van der Waals surface area contributed by atoms with Gasteiger partial charge in [-0.15, -0.1) is 0 Å². The molecular weight excluding hydrogens is 210 g/mol. The highest BCUT2D eigenvalue weighted by molar-refractivity contribution is 5.20. The van der Waals surface area contributed by atoms with Gasteiger partial charge in [0.15, 0.2) is 0 Å². The summed E-state index contributed by atoms with van der Waals surface area (Å²) >= 11 is 0. The molecule has 1 aromatic rings. The summed E-state index contributed by atoms with van der Waals surface area (Å²) in [6, 6.07) is 7.90. The molecular formula is C12H18F2N2. The van der Waals surface area contributed by atoms with Gasteiger partial charge in [0, 0.05) is 18.7 Å². The van der Waals surface area contributed by atoms with Crippen molar-refractivity contribution in [3.8, 4) is 0 Å². The van der Waals surface area contributed by atoms with Crippen LogP contribution in [-0.2, 0) is 5.92 Å². The molecule has 0 aromatic heterocycles. The Kier molecular flexibility index (Phi) is 4.83. The third-order valence-electron chi connectivity index (χ3n) is 2.51. The summed E-state index contributed by atoms with van der Waals surface area (Å²) in [7, 11) is 0. The number of rotatable bonds is 6. The van der Waals surface area contributed by atoms with E-state index < -0.39 is 5.92 Å². The predicted molar refractivity (Wildman–Crippen MR) is 61.5 cm³/mol. The second-order valence-electron chi connectivity index (χ2n) is 3.73. The van der Waals surface area contributed by atoms with E-state index in [2.05, 4.69) is 0 Å². The molecule has 0 bridgehead atoms. The van der Waals surface area contributed by atoms with Crippen molar-refractivity contribution in [2.45, 2.75) is 12.8 Å². The molecule has 0 aliphatic rings. The number of alkyl halides is 2. The number of halogens is 2. The van der Waals surface area contributed by atoms with Crippen LogP contribution >= 0.6 is 0 Å². The van der Waals surface area contributed by atoms with Gasteiger partial charge in [0.1, 0.15) is 0 Å². The molecule has 0 saturated heterocycles. The molecule has 2 nitrogen and oxygen atoms in total. The predicted octanol–water partition coefficient (Wildman–Crippen LogP) is 2.06. The normalized spacial score (nSPS) is 12.1. The van der Waals surface area contributed by atoms with E-state index in [4.69, 9.17) is 5.73 Å². The lowest BCUT2D eigenvalue weighted by molar-refractivity contribution is -0.0361. The monoisotopic (exact) mass is 228 g/mol. The first kappa shape index (κ1) is 13.1. The molecule has 0 unspecified atom stereocenters. The van der Waals surface area contributed by atoms with Crippen molar-refractivity contribution < 1.29 is 8.78 Å². The largest absolute Gasteiger partial charge is 0.329 e. The van der Waals surface area contributed by atoms with Gasteiger partial charge in [-0.2, -0.15) is 8.78 Å². The molecule has 0 aliphatic heterocycles. The van der Waals surface area contributed by atoms with E-state index in [1.165, 1.54) is 12.1 Å². The lowest BCUT2D eigenvalue weighted by Crippen LogP contribution is -2.38. The molecule has 1 rings (SSSR count). The molecule has 0 atom stereocenters. The van der Waals surface area contributed by atoms with Gasteiger partial charge in [0.2, 0.25) is 0 Å². The Bertz CT molecular complexity index is 301. The van der Waals surface area contributed by atoms with E-state index in [1.807, 2.05) is 6.92 Å². The second kappa shape index (κ2) is 5.92. The fourth-order valence-electron chi connectivity index (χ4n) is 1.59. The number of nitrogens with two attached hydrogens (primary N) is 1. The molecule has 0 amide bonds. The number of hydrogen-bond acceptors (Lipinski definition) is 2. The summed E-state index contributed by atoms with van der Waals surface area (Å²) in [5.74, 6) is -2.81. The van der Waals surface area contributed by atoms with Crippen LogP contribution in [0.2, 0.25) is 0 Å². The van der Waals surface area contributed by atoms with Gasteiger partial charge in [-0.05, 0) is 6.54 Å². The minimum absolute atomic E-state index is 0.0606. The Morgan fingerprint density at radius 1 is 1.25 bits per heavy atom. The zero-order chi connectivity index (χ0) is 12.0. The van der Waals surface area contributed by atoms with E-state index in [-0.39, 0.29) is 12.1 Å². The molecule has 0 spiro atoms. The summed E-state index contributed by atoms with van der Waals surface area (Å²) < 4.78 is 27.7. The van der Waals surface area contributed by atoms with Gasteiger partial charge in [-0.3, -0.25) is 4.90 Å². The number of benzene rings is 1. The van der Waals surface area contributed by atoms with Crippen molar-refractivity contribution >= 4 is 0 Å². The zero-order valence-corrected chi connectivity index (χ0v) is 9.50. The van der Waals surface area contributed by atoms with E-state index in [1.54, 1.807) is 23.1 Å². The van der Waals surface area contributed by atoms with Crippen molar-refractivity contribution in [3.63, 3.8) is 0 Å². The van der Waals surface area contributed by atoms with Crippen molar-refractivity contribution in [2.24, 2.45) is 5.73 Å². The highest BCUT2D eigenvalue weighted by Gasteiger charge is 2.32. The Balaban J connectivity index is 2.70. The van der Waals surface area contributed by atoms with Crippen molar-refractivity contribution in [3.05, 3.63) is 35.9 Å². The van der Waals surface area contributed by atoms with Crippen LogP contribution in [0.1, 0.15) is 12.5 Å². The van der Waals surface area contributed by atoms with Gasteiger partial charge in [-0.25, -0.2) is 0 Å². The Morgan fingerprint density at radius 2 is 1.88 bits per heavy atom. The number of likely N-dealkylation sites (N-methyl/N-ethyl adjacent to an activating group) is 1. The molecule has 0 saturated carbocycles. The summed E-state index contributed by atoms with van der Waals surface area (Å²) in [5.41, 5.74) is 5.44. The first-order valence-electron chi connectivity index (χ1n) is 5.46. The van der Waals surface area contributed by atoms with Crippen LogP contribution in [0.4, 0.5) is 8.78 Å². The lowest BCUT2D eigenvalue weighted by Gasteiger charge is -2.25. The lowest BCUT2D eigenvalue weighted by atomic mass is 10.1. The average molecular weight is 228 g/mol. The van der Waals surface area contributed by atoms with Crippen LogP contribution in [0.5, 0.6) is 0 Å². The molecule has 4 heteroatoms. The van der Waals surface area contributed by atoms with E-state index in [9.17, 15) is 8.78 Å². The van der Waals surface area contributed by atoms with Crippen molar-refractivity contribution in [1.82, 2.24) is 4.90 Å². The fraction of sp³-hybridized carbons (Fsp3) is 0.500. The third-order valence-corrected chi connectivity index (χ3v) is 2.51. The molecule has 0 fully saturated rings. The summed E-state index contributed by atoms with van der Waals surface area (Å²) in [4.78, 5) is 1.66. The van der Waals surface area contributed by atoms with Crippen LogP contribution < -0.4 is 5.73 Å². The Labute approximate surface area is 95.1 Å². The quantitative estimate of drug-likeness (QED) is 0.807. The van der Waals surface area contributed by atoms with Crippen LogP contribution in [0, 0.1) is 0 Å². The fourth-order valence-corrected chi connectivity index (χ4v) is 1.59. The molecule has 16 heavy (non-hydrogen) atoms. The minimum atomic E-state index is -2.81. The molecule has 0 heterocycles. The summed E-state index contributed by atoms with van der Waals surface area (Å²) in [6.45, 7) is 3.07. The van der Waals surface area contributed by atoms with E-state index >= 15 is 0 Å². The first-order valence-corrected chi connectivity index (χ1v) is 5.46. The smallest absolute Gasteiger partial charge is 0.285 e.